The first-order valence-corrected chi connectivity index (χ1v) is 10.9. The first-order chi connectivity index (χ1) is 14.7. The first kappa shape index (κ1) is 20.1. The van der Waals surface area contributed by atoms with Crippen LogP contribution in [0.25, 0.3) is 22.3 Å². The lowest BCUT2D eigenvalue weighted by molar-refractivity contribution is -0.00146. The van der Waals surface area contributed by atoms with Gasteiger partial charge in [-0.2, -0.15) is 10.2 Å². The van der Waals surface area contributed by atoms with Gasteiger partial charge in [-0.3, -0.25) is 9.89 Å². The molecule has 0 unspecified atom stereocenters. The molecule has 1 N–H and O–H groups in total. The Hall–Kier alpha value is -2.87. The van der Waals surface area contributed by atoms with Crippen LogP contribution in [0.5, 0.6) is 5.75 Å². The van der Waals surface area contributed by atoms with E-state index in [1.165, 1.54) is 4.68 Å². The number of hydrogen-bond donors (Lipinski definition) is 1. The normalized spacial score (nSPS) is 19.9. The molecule has 2 aromatic heterocycles. The molecule has 2 aliphatic rings. The Morgan fingerprint density at radius 2 is 2.00 bits per heavy atom. The maximum Gasteiger partial charge on any atom is 0.290 e. The standard InChI is InChI=1S/C23H29N5O3/c1-22(2)14-28(10-5-11-30-22)19-13-18(26-27(4)21(19)29)20-16-12-15(31-23(3)8-9-23)6-7-17(16)24-25-20/h6-7,12-13H,5,8-11,14H2,1-4H3,(H,24,25). The Kier molecular flexibility index (Phi) is 4.58. The van der Waals surface area contributed by atoms with Gasteiger partial charge in [0.2, 0.25) is 0 Å². The van der Waals surface area contributed by atoms with Crippen LogP contribution >= 0.6 is 0 Å². The largest absolute Gasteiger partial charge is 0.488 e. The molecule has 0 spiro atoms. The number of anilines is 1. The van der Waals surface area contributed by atoms with Crippen LogP contribution in [0.3, 0.4) is 0 Å². The van der Waals surface area contributed by atoms with E-state index in [1.807, 2.05) is 24.3 Å². The number of aromatic amines is 1. The molecule has 164 valence electrons. The smallest absolute Gasteiger partial charge is 0.290 e. The molecule has 1 saturated carbocycles. The molecule has 5 rings (SSSR count). The van der Waals surface area contributed by atoms with Gasteiger partial charge in [-0.1, -0.05) is 0 Å². The summed E-state index contributed by atoms with van der Waals surface area (Å²) in [4.78, 5) is 15.1. The van der Waals surface area contributed by atoms with Gasteiger partial charge in [0, 0.05) is 32.1 Å². The van der Waals surface area contributed by atoms with Crippen molar-refractivity contribution in [2.75, 3.05) is 24.6 Å². The minimum absolute atomic E-state index is 0.0543. The molecule has 0 atom stereocenters. The molecule has 31 heavy (non-hydrogen) atoms. The summed E-state index contributed by atoms with van der Waals surface area (Å²) in [6, 6.07) is 7.80. The van der Waals surface area contributed by atoms with E-state index in [9.17, 15) is 4.79 Å². The molecule has 8 heteroatoms. The Bertz CT molecular complexity index is 1190. The van der Waals surface area contributed by atoms with E-state index in [4.69, 9.17) is 9.47 Å². The van der Waals surface area contributed by atoms with Gasteiger partial charge in [-0.05, 0) is 64.3 Å². The monoisotopic (exact) mass is 423 g/mol. The zero-order valence-corrected chi connectivity index (χ0v) is 18.6. The molecule has 8 nitrogen and oxygen atoms in total. The quantitative estimate of drug-likeness (QED) is 0.693. The molecule has 1 aromatic carbocycles. The molecule has 0 amide bonds. The maximum absolute atomic E-state index is 13.0. The van der Waals surface area contributed by atoms with Crippen molar-refractivity contribution in [3.63, 3.8) is 0 Å². The van der Waals surface area contributed by atoms with Crippen LogP contribution in [0.2, 0.25) is 0 Å². The highest BCUT2D eigenvalue weighted by molar-refractivity contribution is 5.93. The number of benzene rings is 1. The Balaban J connectivity index is 1.57. The van der Waals surface area contributed by atoms with Gasteiger partial charge in [-0.25, -0.2) is 4.68 Å². The van der Waals surface area contributed by atoms with Gasteiger partial charge in [-0.15, -0.1) is 0 Å². The Morgan fingerprint density at radius 1 is 1.19 bits per heavy atom. The predicted octanol–water partition coefficient (Wildman–Crippen LogP) is 3.26. The number of H-pyrrole nitrogens is 1. The van der Waals surface area contributed by atoms with Crippen LogP contribution in [0.4, 0.5) is 5.69 Å². The highest BCUT2D eigenvalue weighted by Gasteiger charge is 2.40. The third-order valence-corrected chi connectivity index (χ3v) is 6.12. The first-order valence-electron chi connectivity index (χ1n) is 10.9. The minimum Gasteiger partial charge on any atom is -0.488 e. The van der Waals surface area contributed by atoms with Crippen molar-refractivity contribution >= 4 is 16.6 Å². The van der Waals surface area contributed by atoms with Crippen LogP contribution in [0.1, 0.15) is 40.0 Å². The summed E-state index contributed by atoms with van der Waals surface area (Å²) in [5.41, 5.74) is 2.40. The van der Waals surface area contributed by atoms with Crippen molar-refractivity contribution in [1.29, 1.82) is 0 Å². The third-order valence-electron chi connectivity index (χ3n) is 6.12. The van der Waals surface area contributed by atoms with E-state index in [0.717, 1.165) is 42.5 Å². The second-order valence-corrected chi connectivity index (χ2v) is 9.56. The summed E-state index contributed by atoms with van der Waals surface area (Å²) in [5, 5.41) is 13.1. The number of nitrogens with zero attached hydrogens (tertiary/aromatic N) is 4. The van der Waals surface area contributed by atoms with Crippen molar-refractivity contribution in [1.82, 2.24) is 20.0 Å². The zero-order chi connectivity index (χ0) is 21.8. The molecule has 2 fully saturated rings. The average molecular weight is 424 g/mol. The lowest BCUT2D eigenvalue weighted by Crippen LogP contribution is -2.41. The lowest BCUT2D eigenvalue weighted by Gasteiger charge is -2.30. The number of aromatic nitrogens is 4. The predicted molar refractivity (Wildman–Crippen MR) is 120 cm³/mol. The molecule has 0 bridgehead atoms. The van der Waals surface area contributed by atoms with E-state index in [0.29, 0.717) is 30.2 Å². The maximum atomic E-state index is 13.0. The second kappa shape index (κ2) is 7.09. The summed E-state index contributed by atoms with van der Waals surface area (Å²) < 4.78 is 13.5. The molecule has 1 aliphatic carbocycles. The molecule has 1 saturated heterocycles. The number of hydrogen-bond acceptors (Lipinski definition) is 6. The highest BCUT2D eigenvalue weighted by atomic mass is 16.5. The lowest BCUT2D eigenvalue weighted by atomic mass is 10.1. The fourth-order valence-electron chi connectivity index (χ4n) is 4.14. The molecule has 3 aromatic rings. The van der Waals surface area contributed by atoms with E-state index < -0.39 is 0 Å². The van der Waals surface area contributed by atoms with Crippen molar-refractivity contribution in [2.45, 2.75) is 51.2 Å². The topological polar surface area (TPSA) is 85.3 Å². The van der Waals surface area contributed by atoms with Crippen molar-refractivity contribution in [3.8, 4) is 17.1 Å². The summed E-state index contributed by atoms with van der Waals surface area (Å²) in [7, 11) is 1.69. The summed E-state index contributed by atoms with van der Waals surface area (Å²) in [6.45, 7) is 8.33. The fraction of sp³-hybridized carbons (Fsp3) is 0.522. The number of ether oxygens (including phenoxy) is 2. The van der Waals surface area contributed by atoms with E-state index in [-0.39, 0.29) is 16.8 Å². The molecule has 0 radical (unpaired) electrons. The molecule has 3 heterocycles. The van der Waals surface area contributed by atoms with E-state index in [2.05, 4.69) is 41.0 Å². The van der Waals surface area contributed by atoms with Gasteiger partial charge < -0.3 is 14.4 Å². The van der Waals surface area contributed by atoms with Crippen LogP contribution in [-0.4, -0.2) is 50.9 Å². The highest BCUT2D eigenvalue weighted by Crippen LogP contribution is 2.40. The third kappa shape index (κ3) is 3.92. The summed E-state index contributed by atoms with van der Waals surface area (Å²) in [6.07, 6.45) is 3.02. The zero-order valence-electron chi connectivity index (χ0n) is 18.6. The molecular formula is C23H29N5O3. The van der Waals surface area contributed by atoms with Gasteiger partial charge in [0.25, 0.3) is 5.56 Å². The van der Waals surface area contributed by atoms with Crippen LogP contribution < -0.4 is 15.2 Å². The van der Waals surface area contributed by atoms with Gasteiger partial charge in [0.15, 0.2) is 0 Å². The van der Waals surface area contributed by atoms with Gasteiger partial charge in [0.1, 0.15) is 28.4 Å². The Labute approximate surface area is 181 Å². The van der Waals surface area contributed by atoms with Gasteiger partial charge in [0.05, 0.1) is 11.1 Å². The number of rotatable bonds is 4. The molecular weight excluding hydrogens is 394 g/mol. The van der Waals surface area contributed by atoms with Crippen LogP contribution in [0, 0.1) is 0 Å². The number of fused-ring (bicyclic) bond motifs is 1. The van der Waals surface area contributed by atoms with Crippen molar-refractivity contribution in [2.24, 2.45) is 7.05 Å². The molecule has 1 aliphatic heterocycles. The summed E-state index contributed by atoms with van der Waals surface area (Å²) in [5.74, 6) is 0.826. The van der Waals surface area contributed by atoms with Crippen LogP contribution in [-0.2, 0) is 11.8 Å². The van der Waals surface area contributed by atoms with Gasteiger partial charge >= 0.3 is 0 Å². The van der Waals surface area contributed by atoms with E-state index >= 15 is 0 Å². The Morgan fingerprint density at radius 3 is 2.77 bits per heavy atom. The van der Waals surface area contributed by atoms with E-state index in [1.54, 1.807) is 7.05 Å². The fourth-order valence-corrected chi connectivity index (χ4v) is 4.14. The average Bonchev–Trinajstić information content (AvgIpc) is 3.34. The van der Waals surface area contributed by atoms with Crippen LogP contribution in [0.15, 0.2) is 29.1 Å². The van der Waals surface area contributed by atoms with Crippen molar-refractivity contribution in [3.05, 3.63) is 34.6 Å². The SMILES string of the molecule is Cn1nc(-c2n[nH]c3ccc(OC4(C)CC4)cc23)cc(N2CCCOC(C)(C)C2)c1=O. The minimum atomic E-state index is -0.324. The number of aryl methyl sites for hydroxylation is 1. The number of nitrogens with one attached hydrogen (secondary N) is 1. The second-order valence-electron chi connectivity index (χ2n) is 9.56. The summed E-state index contributed by atoms with van der Waals surface area (Å²) >= 11 is 0. The van der Waals surface area contributed by atoms with Crippen molar-refractivity contribution < 1.29 is 9.47 Å².